The Morgan fingerprint density at radius 3 is 2.61 bits per heavy atom. The van der Waals surface area contributed by atoms with Gasteiger partial charge in [0.15, 0.2) is 0 Å². The Labute approximate surface area is 134 Å². The quantitative estimate of drug-likeness (QED) is 0.803. The molecule has 1 amide bonds. The van der Waals surface area contributed by atoms with Crippen LogP contribution in [0.2, 0.25) is 0 Å². The zero-order valence-corrected chi connectivity index (χ0v) is 13.4. The van der Waals surface area contributed by atoms with Crippen molar-refractivity contribution in [2.24, 2.45) is 7.05 Å². The summed E-state index contributed by atoms with van der Waals surface area (Å²) in [5.41, 5.74) is 4.45. The van der Waals surface area contributed by atoms with Crippen LogP contribution in [0.25, 0.3) is 5.69 Å². The average Bonchev–Trinajstić information content (AvgIpc) is 3.12. The summed E-state index contributed by atoms with van der Waals surface area (Å²) in [4.78, 5) is 16.4. The summed E-state index contributed by atoms with van der Waals surface area (Å²) in [6.07, 6.45) is 3.38. The van der Waals surface area contributed by atoms with E-state index < -0.39 is 0 Å². The van der Waals surface area contributed by atoms with Crippen LogP contribution in [0.3, 0.4) is 0 Å². The Hall–Kier alpha value is -2.89. The second kappa shape index (κ2) is 6.08. The summed E-state index contributed by atoms with van der Waals surface area (Å²) in [6, 6.07) is 10.00. The van der Waals surface area contributed by atoms with E-state index in [9.17, 15) is 4.79 Å². The van der Waals surface area contributed by atoms with Crippen LogP contribution in [0.1, 0.15) is 27.4 Å². The van der Waals surface area contributed by atoms with Gasteiger partial charge in [0.25, 0.3) is 5.91 Å². The molecule has 0 unspecified atom stereocenters. The zero-order chi connectivity index (χ0) is 16.4. The summed E-state index contributed by atoms with van der Waals surface area (Å²) in [5, 5.41) is 7.13. The average molecular weight is 309 g/mol. The van der Waals surface area contributed by atoms with E-state index in [1.54, 1.807) is 17.2 Å². The molecule has 0 aliphatic carbocycles. The van der Waals surface area contributed by atoms with E-state index in [0.717, 1.165) is 17.1 Å². The topological polar surface area (TPSA) is 64.7 Å². The van der Waals surface area contributed by atoms with Gasteiger partial charge in [-0.2, -0.15) is 5.10 Å². The Bertz CT molecular complexity index is 829. The smallest absolute Gasteiger partial charge is 0.271 e. The van der Waals surface area contributed by atoms with Crippen LogP contribution in [0.15, 0.2) is 42.9 Å². The molecule has 0 aliphatic rings. The normalized spacial score (nSPS) is 10.7. The van der Waals surface area contributed by atoms with Crippen molar-refractivity contribution in [3.8, 4) is 5.69 Å². The number of aryl methyl sites for hydroxylation is 3. The molecule has 1 aromatic carbocycles. The largest absolute Gasteiger partial charge is 0.345 e. The van der Waals surface area contributed by atoms with Gasteiger partial charge >= 0.3 is 0 Å². The van der Waals surface area contributed by atoms with Gasteiger partial charge in [-0.05, 0) is 32.0 Å². The lowest BCUT2D eigenvalue weighted by atomic mass is 10.2. The van der Waals surface area contributed by atoms with E-state index >= 15 is 0 Å². The minimum atomic E-state index is -0.199. The minimum Gasteiger partial charge on any atom is -0.345 e. The third kappa shape index (κ3) is 3.31. The maximum absolute atomic E-state index is 12.2. The van der Waals surface area contributed by atoms with Gasteiger partial charge in [0.1, 0.15) is 12.0 Å². The molecule has 3 aromatic rings. The Kier molecular flexibility index (Phi) is 3.97. The van der Waals surface area contributed by atoms with Gasteiger partial charge in [0, 0.05) is 18.9 Å². The van der Waals surface area contributed by atoms with Crippen molar-refractivity contribution in [1.29, 1.82) is 0 Å². The van der Waals surface area contributed by atoms with Gasteiger partial charge in [-0.3, -0.25) is 9.48 Å². The van der Waals surface area contributed by atoms with Gasteiger partial charge in [-0.1, -0.05) is 17.7 Å². The van der Waals surface area contributed by atoms with Gasteiger partial charge in [-0.15, -0.1) is 0 Å². The molecular weight excluding hydrogens is 290 g/mol. The van der Waals surface area contributed by atoms with Crippen LogP contribution in [0, 0.1) is 13.8 Å². The first kappa shape index (κ1) is 15.0. The van der Waals surface area contributed by atoms with Crippen molar-refractivity contribution >= 4 is 5.91 Å². The number of aromatic nitrogens is 4. The summed E-state index contributed by atoms with van der Waals surface area (Å²) in [5.74, 6) is -0.199. The van der Waals surface area contributed by atoms with E-state index in [0.29, 0.717) is 12.2 Å². The van der Waals surface area contributed by atoms with Crippen molar-refractivity contribution in [2.45, 2.75) is 20.4 Å². The molecule has 0 radical (unpaired) electrons. The summed E-state index contributed by atoms with van der Waals surface area (Å²) in [6.45, 7) is 4.39. The molecule has 0 atom stereocenters. The number of amides is 1. The van der Waals surface area contributed by atoms with Gasteiger partial charge in [0.05, 0.1) is 17.9 Å². The number of hydrogen-bond acceptors (Lipinski definition) is 3. The monoisotopic (exact) mass is 309 g/mol. The molecule has 0 aliphatic heterocycles. The molecule has 1 N–H and O–H groups in total. The van der Waals surface area contributed by atoms with Crippen molar-refractivity contribution in [3.63, 3.8) is 0 Å². The third-order valence-corrected chi connectivity index (χ3v) is 3.68. The fourth-order valence-electron chi connectivity index (χ4n) is 2.39. The number of imidazole rings is 1. The predicted octanol–water partition coefficient (Wildman–Crippen LogP) is 2.15. The molecule has 0 fully saturated rings. The minimum absolute atomic E-state index is 0.199. The van der Waals surface area contributed by atoms with Crippen LogP contribution in [-0.2, 0) is 13.6 Å². The Morgan fingerprint density at radius 2 is 1.96 bits per heavy atom. The second-order valence-corrected chi connectivity index (χ2v) is 5.59. The summed E-state index contributed by atoms with van der Waals surface area (Å²) < 4.78 is 3.60. The maximum atomic E-state index is 12.2. The molecule has 3 rings (SSSR count). The lowest BCUT2D eigenvalue weighted by Crippen LogP contribution is -2.24. The van der Waals surface area contributed by atoms with E-state index in [-0.39, 0.29) is 5.91 Å². The predicted molar refractivity (Wildman–Crippen MR) is 87.4 cm³/mol. The zero-order valence-electron chi connectivity index (χ0n) is 13.4. The molecule has 0 bridgehead atoms. The van der Waals surface area contributed by atoms with Gasteiger partial charge in [0.2, 0.25) is 0 Å². The first-order chi connectivity index (χ1) is 11.0. The SMILES string of the molecule is Cc1ccc(-n2cnc(C(=O)NCc3cc(C)nn3C)c2)cc1. The number of carbonyl (C=O) groups excluding carboxylic acids is 1. The standard InChI is InChI=1S/C17H19N5O/c1-12-4-6-14(7-5-12)22-10-16(19-11-22)17(23)18-9-15-8-13(2)20-21(15)3/h4-8,10-11H,9H2,1-3H3,(H,18,23). The van der Waals surface area contributed by atoms with Crippen LogP contribution >= 0.6 is 0 Å². The molecule has 2 aromatic heterocycles. The van der Waals surface area contributed by atoms with Crippen LogP contribution in [0.4, 0.5) is 0 Å². The van der Waals surface area contributed by atoms with Crippen LogP contribution < -0.4 is 5.32 Å². The van der Waals surface area contributed by atoms with Crippen molar-refractivity contribution in [3.05, 3.63) is 65.5 Å². The molecule has 0 saturated carbocycles. The second-order valence-electron chi connectivity index (χ2n) is 5.59. The highest BCUT2D eigenvalue weighted by atomic mass is 16.1. The molecule has 0 saturated heterocycles. The lowest BCUT2D eigenvalue weighted by Gasteiger charge is -2.04. The highest BCUT2D eigenvalue weighted by Gasteiger charge is 2.11. The van der Waals surface area contributed by atoms with E-state index in [1.807, 2.05) is 55.8 Å². The van der Waals surface area contributed by atoms with Gasteiger partial charge in [-0.25, -0.2) is 4.98 Å². The number of nitrogens with one attached hydrogen (secondary N) is 1. The number of carbonyl (C=O) groups is 1. The molecule has 6 heteroatoms. The molecule has 2 heterocycles. The third-order valence-electron chi connectivity index (χ3n) is 3.68. The maximum Gasteiger partial charge on any atom is 0.271 e. The fourth-order valence-corrected chi connectivity index (χ4v) is 2.39. The molecule has 118 valence electrons. The van der Waals surface area contributed by atoms with E-state index in [1.165, 1.54) is 5.56 Å². The number of benzene rings is 1. The van der Waals surface area contributed by atoms with Crippen molar-refractivity contribution < 1.29 is 4.79 Å². The number of rotatable bonds is 4. The number of nitrogens with zero attached hydrogens (tertiary/aromatic N) is 4. The first-order valence-electron chi connectivity index (χ1n) is 7.41. The van der Waals surface area contributed by atoms with E-state index in [4.69, 9.17) is 0 Å². The fraction of sp³-hybridized carbons (Fsp3) is 0.235. The molecule has 23 heavy (non-hydrogen) atoms. The van der Waals surface area contributed by atoms with Crippen molar-refractivity contribution in [1.82, 2.24) is 24.6 Å². The van der Waals surface area contributed by atoms with Crippen LogP contribution in [-0.4, -0.2) is 25.2 Å². The number of hydrogen-bond donors (Lipinski definition) is 1. The van der Waals surface area contributed by atoms with E-state index in [2.05, 4.69) is 15.4 Å². The summed E-state index contributed by atoms with van der Waals surface area (Å²) in [7, 11) is 1.86. The Balaban J connectivity index is 1.69. The van der Waals surface area contributed by atoms with Crippen LogP contribution in [0.5, 0.6) is 0 Å². The Morgan fingerprint density at radius 1 is 1.22 bits per heavy atom. The molecule has 0 spiro atoms. The highest BCUT2D eigenvalue weighted by molar-refractivity contribution is 5.92. The van der Waals surface area contributed by atoms with Crippen molar-refractivity contribution in [2.75, 3.05) is 0 Å². The lowest BCUT2D eigenvalue weighted by molar-refractivity contribution is 0.0945. The first-order valence-corrected chi connectivity index (χ1v) is 7.41. The molecule has 6 nitrogen and oxygen atoms in total. The highest BCUT2D eigenvalue weighted by Crippen LogP contribution is 2.10. The van der Waals surface area contributed by atoms with Gasteiger partial charge < -0.3 is 9.88 Å². The summed E-state index contributed by atoms with van der Waals surface area (Å²) >= 11 is 0. The molecular formula is C17H19N5O.